The molecule has 0 bridgehead atoms. The van der Waals surface area contributed by atoms with Crippen LogP contribution in [0.15, 0.2) is 0 Å². The van der Waals surface area contributed by atoms with Crippen molar-refractivity contribution < 1.29 is 33.0 Å². The van der Waals surface area contributed by atoms with Gasteiger partial charge in [0.25, 0.3) is 0 Å². The topological polar surface area (TPSA) is 138 Å². The average molecular weight is 281 g/mol. The molecule has 0 aromatic carbocycles. The number of carboxylic acid groups (broad SMARTS) is 2. The van der Waals surface area contributed by atoms with E-state index in [0.29, 0.717) is 0 Å². The zero-order valence-electron chi connectivity index (χ0n) is 10.1. The van der Waals surface area contributed by atoms with Gasteiger partial charge in [0.1, 0.15) is 10.8 Å². The Morgan fingerprint density at radius 2 is 1.67 bits per heavy atom. The molecule has 104 valence electrons. The Hall–Kier alpha value is -1.64. The molecule has 0 unspecified atom stereocenters. The van der Waals surface area contributed by atoms with E-state index in [9.17, 15) is 22.8 Å². The zero-order chi connectivity index (χ0) is 14.7. The third kappa shape index (κ3) is 3.99. The monoisotopic (exact) mass is 281 g/mol. The van der Waals surface area contributed by atoms with Gasteiger partial charge in [0.2, 0.25) is 5.91 Å². The number of aliphatic carboxylic acids is 2. The Balaban J connectivity index is 5.03. The van der Waals surface area contributed by atoms with Crippen molar-refractivity contribution in [1.82, 2.24) is 5.32 Å². The van der Waals surface area contributed by atoms with Crippen molar-refractivity contribution in [3.63, 3.8) is 0 Å². The molecule has 0 aliphatic heterocycles. The fraction of sp³-hybridized carbons (Fsp3) is 0.667. The van der Waals surface area contributed by atoms with Crippen LogP contribution in [-0.2, 0) is 24.2 Å². The number of carbonyl (C=O) groups excluding carboxylic acids is 1. The maximum atomic E-state index is 11.7. The molecule has 0 radical (unpaired) electrons. The van der Waals surface area contributed by atoms with E-state index in [1.807, 2.05) is 5.32 Å². The van der Waals surface area contributed by atoms with Gasteiger partial charge < -0.3 is 15.5 Å². The molecule has 0 heterocycles. The quantitative estimate of drug-likeness (QED) is 0.559. The molecule has 1 atom stereocenters. The molecule has 0 fully saturated rings. The lowest BCUT2D eigenvalue weighted by atomic mass is 10.1. The first-order chi connectivity index (χ1) is 7.89. The normalized spacial score (nSPS) is 13.7. The Labute approximate surface area is 104 Å². The van der Waals surface area contributed by atoms with Crippen molar-refractivity contribution in [2.24, 2.45) is 0 Å². The Morgan fingerprint density at radius 1 is 1.22 bits per heavy atom. The average Bonchev–Trinajstić information content (AvgIpc) is 2.13. The van der Waals surface area contributed by atoms with Crippen molar-refractivity contribution >= 4 is 27.7 Å². The van der Waals surface area contributed by atoms with E-state index in [1.54, 1.807) is 0 Å². The van der Waals surface area contributed by atoms with Crippen LogP contribution in [0.4, 0.5) is 0 Å². The summed E-state index contributed by atoms with van der Waals surface area (Å²) in [6.07, 6.45) is 0.000461. The molecule has 0 aliphatic carbocycles. The van der Waals surface area contributed by atoms with E-state index < -0.39 is 44.9 Å². The maximum absolute atomic E-state index is 11.7. The Bertz CT molecular complexity index is 465. The molecule has 0 saturated heterocycles. The second-order valence-electron chi connectivity index (χ2n) is 4.24. The lowest BCUT2D eigenvalue weighted by molar-refractivity contribution is -0.147. The summed E-state index contributed by atoms with van der Waals surface area (Å²) in [7, 11) is -3.75. The SMILES string of the molecule is CC(C)(C(=O)N[C@@H](CC(=O)O)C(=O)O)S(C)(=O)=O. The molecule has 8 nitrogen and oxygen atoms in total. The molecule has 0 aliphatic rings. The van der Waals surface area contributed by atoms with Gasteiger partial charge in [-0.2, -0.15) is 0 Å². The highest BCUT2D eigenvalue weighted by Gasteiger charge is 2.40. The highest BCUT2D eigenvalue weighted by Crippen LogP contribution is 2.15. The summed E-state index contributed by atoms with van der Waals surface area (Å²) in [5.41, 5.74) is 0. The molecule has 0 aromatic heterocycles. The van der Waals surface area contributed by atoms with Crippen molar-refractivity contribution in [3.8, 4) is 0 Å². The van der Waals surface area contributed by atoms with Crippen LogP contribution in [-0.4, -0.2) is 53.5 Å². The third-order valence-electron chi connectivity index (χ3n) is 2.46. The van der Waals surface area contributed by atoms with E-state index in [2.05, 4.69) is 0 Å². The van der Waals surface area contributed by atoms with Crippen LogP contribution in [0.25, 0.3) is 0 Å². The lowest BCUT2D eigenvalue weighted by Gasteiger charge is -2.23. The summed E-state index contributed by atoms with van der Waals surface area (Å²) < 4.78 is 20.9. The zero-order valence-corrected chi connectivity index (χ0v) is 10.9. The Kier molecular flexibility index (Phi) is 4.85. The van der Waals surface area contributed by atoms with Gasteiger partial charge >= 0.3 is 11.9 Å². The molecule has 0 aromatic rings. The van der Waals surface area contributed by atoms with Crippen molar-refractivity contribution in [2.45, 2.75) is 31.1 Å². The fourth-order valence-electron chi connectivity index (χ4n) is 0.875. The lowest BCUT2D eigenvalue weighted by Crippen LogP contribution is -2.53. The molecular weight excluding hydrogens is 266 g/mol. The second kappa shape index (κ2) is 5.34. The van der Waals surface area contributed by atoms with Crippen molar-refractivity contribution in [3.05, 3.63) is 0 Å². The summed E-state index contributed by atoms with van der Waals surface area (Å²) >= 11 is 0. The van der Waals surface area contributed by atoms with Crippen LogP contribution in [0.5, 0.6) is 0 Å². The highest BCUT2D eigenvalue weighted by atomic mass is 32.2. The number of hydrogen-bond donors (Lipinski definition) is 3. The van der Waals surface area contributed by atoms with Gasteiger partial charge in [-0.3, -0.25) is 9.59 Å². The van der Waals surface area contributed by atoms with Crippen LogP contribution >= 0.6 is 0 Å². The molecule has 0 spiro atoms. The van der Waals surface area contributed by atoms with Crippen LogP contribution < -0.4 is 5.32 Å². The third-order valence-corrected chi connectivity index (χ3v) is 4.50. The minimum atomic E-state index is -3.75. The van der Waals surface area contributed by atoms with Gasteiger partial charge in [-0.05, 0) is 13.8 Å². The van der Waals surface area contributed by atoms with Gasteiger partial charge in [0.05, 0.1) is 6.42 Å². The molecule has 1 amide bonds. The van der Waals surface area contributed by atoms with E-state index in [4.69, 9.17) is 10.2 Å². The van der Waals surface area contributed by atoms with E-state index in [1.165, 1.54) is 0 Å². The van der Waals surface area contributed by atoms with Gasteiger partial charge in [0.15, 0.2) is 9.84 Å². The van der Waals surface area contributed by atoms with Crippen LogP contribution in [0.3, 0.4) is 0 Å². The second-order valence-corrected chi connectivity index (χ2v) is 6.81. The van der Waals surface area contributed by atoms with E-state index in [-0.39, 0.29) is 0 Å². The van der Waals surface area contributed by atoms with Crippen LogP contribution in [0.1, 0.15) is 20.3 Å². The molecule has 3 N–H and O–H groups in total. The van der Waals surface area contributed by atoms with E-state index in [0.717, 1.165) is 20.1 Å². The molecule has 9 heteroatoms. The summed E-state index contributed by atoms with van der Waals surface area (Å²) in [6.45, 7) is 2.22. The highest BCUT2D eigenvalue weighted by molar-refractivity contribution is 7.92. The summed E-state index contributed by atoms with van der Waals surface area (Å²) in [4.78, 5) is 32.8. The van der Waals surface area contributed by atoms with Gasteiger partial charge in [-0.1, -0.05) is 0 Å². The van der Waals surface area contributed by atoms with Crippen LogP contribution in [0, 0.1) is 0 Å². The standard InChI is InChI=1S/C9H15NO7S/c1-9(2,18(3,16)17)8(15)10-5(7(13)14)4-6(11)12/h5H,4H2,1-3H3,(H,10,15)(H,11,12)(H,13,14)/t5-/m0/s1. The van der Waals surface area contributed by atoms with Crippen molar-refractivity contribution in [1.29, 1.82) is 0 Å². The first-order valence-electron chi connectivity index (χ1n) is 4.84. The van der Waals surface area contributed by atoms with E-state index >= 15 is 0 Å². The fourth-order valence-corrected chi connectivity index (χ4v) is 1.27. The van der Waals surface area contributed by atoms with Gasteiger partial charge in [0, 0.05) is 6.26 Å². The minimum absolute atomic E-state index is 0.832. The summed E-state index contributed by atoms with van der Waals surface area (Å²) in [5, 5.41) is 19.1. The van der Waals surface area contributed by atoms with Gasteiger partial charge in [-0.15, -0.1) is 0 Å². The van der Waals surface area contributed by atoms with Crippen molar-refractivity contribution in [2.75, 3.05) is 6.26 Å². The number of carboxylic acids is 2. The minimum Gasteiger partial charge on any atom is -0.481 e. The summed E-state index contributed by atoms with van der Waals surface area (Å²) in [6, 6.07) is -1.67. The number of hydrogen-bond acceptors (Lipinski definition) is 5. The number of rotatable bonds is 6. The predicted molar refractivity (Wildman–Crippen MR) is 60.7 cm³/mol. The largest absolute Gasteiger partial charge is 0.481 e. The smallest absolute Gasteiger partial charge is 0.326 e. The molecular formula is C9H15NO7S. The first-order valence-corrected chi connectivity index (χ1v) is 6.74. The summed E-state index contributed by atoms with van der Waals surface area (Å²) in [5.74, 6) is -4.02. The number of carbonyl (C=O) groups is 3. The molecule has 18 heavy (non-hydrogen) atoms. The maximum Gasteiger partial charge on any atom is 0.326 e. The first kappa shape index (κ1) is 16.4. The van der Waals surface area contributed by atoms with Gasteiger partial charge in [-0.25, -0.2) is 13.2 Å². The number of amides is 1. The molecule has 0 saturated carbocycles. The Morgan fingerprint density at radius 3 is 1.94 bits per heavy atom. The number of sulfone groups is 1. The van der Waals surface area contributed by atoms with Crippen LogP contribution in [0.2, 0.25) is 0 Å². The molecule has 0 rings (SSSR count). The predicted octanol–water partition coefficient (Wildman–Crippen LogP) is -1.15. The number of nitrogens with one attached hydrogen (secondary N) is 1.